The quantitative estimate of drug-likeness (QED) is 0.688. The first-order valence-corrected chi connectivity index (χ1v) is 8.50. The van der Waals surface area contributed by atoms with E-state index in [1.165, 1.54) is 13.2 Å². The van der Waals surface area contributed by atoms with Crippen LogP contribution in [0.4, 0.5) is 13.2 Å². The summed E-state index contributed by atoms with van der Waals surface area (Å²) >= 11 is 0. The van der Waals surface area contributed by atoms with E-state index in [4.69, 9.17) is 14.7 Å². The summed E-state index contributed by atoms with van der Waals surface area (Å²) in [4.78, 5) is 12.0. The monoisotopic (exact) mass is 408 g/mol. The highest BCUT2D eigenvalue weighted by Crippen LogP contribution is 2.27. The Labute approximate surface area is 165 Å². The molecule has 6 nitrogen and oxygen atoms in total. The molecule has 0 saturated heterocycles. The second kappa shape index (κ2) is 10.3. The Bertz CT molecular complexity index is 862. The summed E-state index contributed by atoms with van der Waals surface area (Å²) in [5.41, 5.74) is 1.78. The highest BCUT2D eigenvalue weighted by molar-refractivity contribution is 5.77. The van der Waals surface area contributed by atoms with Crippen molar-refractivity contribution < 1.29 is 32.2 Å². The van der Waals surface area contributed by atoms with Gasteiger partial charge in [-0.05, 0) is 23.3 Å². The molecule has 1 N–H and O–H groups in total. The van der Waals surface area contributed by atoms with Gasteiger partial charge in [-0.25, -0.2) is 0 Å². The van der Waals surface area contributed by atoms with Gasteiger partial charge in [0.05, 0.1) is 25.3 Å². The van der Waals surface area contributed by atoms with Crippen molar-refractivity contribution in [3.05, 3.63) is 59.2 Å². The highest BCUT2D eigenvalue weighted by atomic mass is 19.4. The van der Waals surface area contributed by atoms with Crippen LogP contribution in [0.25, 0.3) is 0 Å². The van der Waals surface area contributed by atoms with E-state index in [9.17, 15) is 18.0 Å². The zero-order valence-corrected chi connectivity index (χ0v) is 15.6. The lowest BCUT2D eigenvalue weighted by atomic mass is 10.1. The summed E-state index contributed by atoms with van der Waals surface area (Å²) in [5, 5.41) is 11.5. The van der Waals surface area contributed by atoms with Crippen molar-refractivity contribution in [3.8, 4) is 17.6 Å². The van der Waals surface area contributed by atoms with E-state index in [2.05, 4.69) is 10.1 Å². The van der Waals surface area contributed by atoms with Crippen molar-refractivity contribution in [2.24, 2.45) is 0 Å². The average Bonchev–Trinajstić information content (AvgIpc) is 2.70. The minimum Gasteiger partial charge on any atom is -0.493 e. The molecule has 0 bridgehead atoms. The summed E-state index contributed by atoms with van der Waals surface area (Å²) in [6.07, 6.45) is -4.35. The van der Waals surface area contributed by atoms with Crippen LogP contribution in [0.5, 0.6) is 11.5 Å². The van der Waals surface area contributed by atoms with E-state index >= 15 is 0 Å². The van der Waals surface area contributed by atoms with Gasteiger partial charge >= 0.3 is 6.18 Å². The van der Waals surface area contributed by atoms with Crippen molar-refractivity contribution in [1.82, 2.24) is 5.32 Å². The molecule has 0 atom stereocenters. The predicted molar refractivity (Wildman–Crippen MR) is 97.2 cm³/mol. The molecular formula is C20H19F3N2O4. The Hall–Kier alpha value is -3.25. The third kappa shape index (κ3) is 7.71. The number of carbonyl (C=O) groups is 1. The number of benzene rings is 2. The van der Waals surface area contributed by atoms with E-state index in [0.29, 0.717) is 22.6 Å². The highest BCUT2D eigenvalue weighted by Gasteiger charge is 2.27. The van der Waals surface area contributed by atoms with E-state index in [0.717, 1.165) is 5.56 Å². The van der Waals surface area contributed by atoms with Gasteiger partial charge in [0, 0.05) is 12.6 Å². The zero-order chi connectivity index (χ0) is 21.3. The van der Waals surface area contributed by atoms with Gasteiger partial charge in [0.25, 0.3) is 5.91 Å². The summed E-state index contributed by atoms with van der Waals surface area (Å²) in [5.74, 6) is 0.319. The molecule has 0 spiro atoms. The third-order valence-corrected chi connectivity index (χ3v) is 3.70. The normalized spacial score (nSPS) is 10.9. The molecule has 0 aliphatic carbocycles. The van der Waals surface area contributed by atoms with Gasteiger partial charge in [-0.1, -0.05) is 24.3 Å². The smallest absolute Gasteiger partial charge is 0.411 e. The van der Waals surface area contributed by atoms with Gasteiger partial charge in [-0.15, -0.1) is 0 Å². The number of methoxy groups -OCH3 is 1. The second-order valence-corrected chi connectivity index (χ2v) is 5.97. The number of carbonyl (C=O) groups excluding carboxylic acids is 1. The minimum absolute atomic E-state index is 0.146. The van der Waals surface area contributed by atoms with Crippen molar-refractivity contribution in [1.29, 1.82) is 5.26 Å². The molecule has 0 fully saturated rings. The van der Waals surface area contributed by atoms with E-state index in [1.807, 2.05) is 6.07 Å². The van der Waals surface area contributed by atoms with Crippen molar-refractivity contribution in [2.75, 3.05) is 20.3 Å². The van der Waals surface area contributed by atoms with Gasteiger partial charge in [-0.3, -0.25) is 4.79 Å². The largest absolute Gasteiger partial charge is 0.493 e. The zero-order valence-electron chi connectivity index (χ0n) is 15.6. The van der Waals surface area contributed by atoms with Crippen molar-refractivity contribution in [2.45, 2.75) is 19.3 Å². The maximum absolute atomic E-state index is 12.1. The molecule has 2 rings (SSSR count). The lowest BCUT2D eigenvalue weighted by molar-refractivity contribution is -0.176. The van der Waals surface area contributed by atoms with Gasteiger partial charge in [0.15, 0.2) is 18.1 Å². The van der Waals surface area contributed by atoms with Gasteiger partial charge in [0.1, 0.15) is 6.61 Å². The van der Waals surface area contributed by atoms with Crippen LogP contribution in [0.2, 0.25) is 0 Å². The van der Waals surface area contributed by atoms with Crippen LogP contribution in [0.1, 0.15) is 16.7 Å². The van der Waals surface area contributed by atoms with Crippen LogP contribution < -0.4 is 14.8 Å². The molecule has 2 aromatic rings. The number of hydrogen-bond acceptors (Lipinski definition) is 5. The summed E-state index contributed by atoms with van der Waals surface area (Å²) in [6, 6.07) is 13.2. The fourth-order valence-electron chi connectivity index (χ4n) is 2.29. The Balaban J connectivity index is 1.77. The fourth-order valence-corrected chi connectivity index (χ4v) is 2.29. The molecular weight excluding hydrogens is 389 g/mol. The minimum atomic E-state index is -4.35. The lowest BCUT2D eigenvalue weighted by Crippen LogP contribution is -2.28. The Morgan fingerprint density at radius 2 is 1.79 bits per heavy atom. The van der Waals surface area contributed by atoms with Crippen LogP contribution in [0.15, 0.2) is 42.5 Å². The molecule has 29 heavy (non-hydrogen) atoms. The van der Waals surface area contributed by atoms with E-state index in [1.54, 1.807) is 36.4 Å². The Morgan fingerprint density at radius 1 is 1.10 bits per heavy atom. The van der Waals surface area contributed by atoms with Gasteiger partial charge in [0.2, 0.25) is 0 Å². The first kappa shape index (κ1) is 22.0. The molecule has 154 valence electrons. The third-order valence-electron chi connectivity index (χ3n) is 3.70. The predicted octanol–water partition coefficient (Wildman–Crippen LogP) is 3.34. The van der Waals surface area contributed by atoms with Crippen molar-refractivity contribution in [3.63, 3.8) is 0 Å². The average molecular weight is 408 g/mol. The van der Waals surface area contributed by atoms with Crippen LogP contribution in [0, 0.1) is 11.3 Å². The SMILES string of the molecule is COc1cc(C#N)ccc1OCC(=O)NCc1ccc(COCC(F)(F)F)cc1. The molecule has 0 aliphatic heterocycles. The van der Waals surface area contributed by atoms with Gasteiger partial charge < -0.3 is 19.5 Å². The van der Waals surface area contributed by atoms with Crippen LogP contribution in [-0.2, 0) is 22.7 Å². The number of nitriles is 1. The fraction of sp³-hybridized carbons (Fsp3) is 0.300. The number of alkyl halides is 3. The molecule has 9 heteroatoms. The molecule has 2 aromatic carbocycles. The van der Waals surface area contributed by atoms with Crippen LogP contribution >= 0.6 is 0 Å². The van der Waals surface area contributed by atoms with Crippen LogP contribution in [-0.4, -0.2) is 32.4 Å². The summed E-state index contributed by atoms with van der Waals surface area (Å²) in [7, 11) is 1.43. The number of halogens is 3. The number of ether oxygens (including phenoxy) is 3. The van der Waals surface area contributed by atoms with Crippen LogP contribution in [0.3, 0.4) is 0 Å². The number of nitrogens with one attached hydrogen (secondary N) is 1. The number of hydrogen-bond donors (Lipinski definition) is 1. The second-order valence-electron chi connectivity index (χ2n) is 5.97. The maximum atomic E-state index is 12.1. The Morgan fingerprint density at radius 3 is 2.41 bits per heavy atom. The summed E-state index contributed by atoms with van der Waals surface area (Å²) < 4.78 is 51.3. The molecule has 1 amide bonds. The first-order valence-electron chi connectivity index (χ1n) is 8.50. The maximum Gasteiger partial charge on any atom is 0.411 e. The summed E-state index contributed by atoms with van der Waals surface area (Å²) in [6.45, 7) is -1.46. The number of rotatable bonds is 9. The molecule has 0 aliphatic rings. The van der Waals surface area contributed by atoms with Gasteiger partial charge in [-0.2, -0.15) is 18.4 Å². The van der Waals surface area contributed by atoms with E-state index < -0.39 is 12.8 Å². The lowest BCUT2D eigenvalue weighted by Gasteiger charge is -2.11. The topological polar surface area (TPSA) is 80.6 Å². The number of amides is 1. The standard InChI is InChI=1S/C20H19F3N2O4/c1-27-18-8-16(9-24)6-7-17(18)29-12-19(26)25-10-14-2-4-15(5-3-14)11-28-13-20(21,22)23/h2-8H,10-13H2,1H3,(H,25,26). The molecule has 0 heterocycles. The molecule has 0 unspecified atom stereocenters. The first-order chi connectivity index (χ1) is 13.8. The molecule has 0 aromatic heterocycles. The number of nitrogens with zero attached hydrogens (tertiary/aromatic N) is 1. The Kier molecular flexibility index (Phi) is 7.86. The molecule has 0 radical (unpaired) electrons. The molecule has 0 saturated carbocycles. The van der Waals surface area contributed by atoms with E-state index in [-0.39, 0.29) is 25.7 Å². The van der Waals surface area contributed by atoms with Crippen molar-refractivity contribution >= 4 is 5.91 Å².